The van der Waals surface area contributed by atoms with Crippen LogP contribution in [0, 0.1) is 0 Å². The van der Waals surface area contributed by atoms with Gasteiger partial charge in [-0.3, -0.25) is 4.74 Å². The molecule has 8 nitrogen and oxygen atoms in total. The molecule has 0 radical (unpaired) electrons. The predicted molar refractivity (Wildman–Crippen MR) is 52.3 cm³/mol. The summed E-state index contributed by atoms with van der Waals surface area (Å²) in [6.45, 7) is 0.810. The molecule has 0 aromatic heterocycles. The minimum absolute atomic E-state index is 0.192. The standard InChI is InChI=1S/C9H18O8/c1-2-9(14,15)17-8-7(13)6(12)5(11)4(3-10)16-8/h4-8,10-15H,2-3H2,1H3/t4-,5-,6+,7-,8?/m1/s1. The second kappa shape index (κ2) is 5.55. The predicted octanol–water partition coefficient (Wildman–Crippen LogP) is -3.15. The van der Waals surface area contributed by atoms with Crippen LogP contribution >= 0.6 is 0 Å². The van der Waals surface area contributed by atoms with Crippen LogP contribution in [0.25, 0.3) is 0 Å². The van der Waals surface area contributed by atoms with Crippen molar-refractivity contribution in [2.75, 3.05) is 6.61 Å². The van der Waals surface area contributed by atoms with E-state index in [-0.39, 0.29) is 6.42 Å². The first-order valence-corrected chi connectivity index (χ1v) is 5.25. The lowest BCUT2D eigenvalue weighted by Crippen LogP contribution is -2.60. The Labute approximate surface area is 97.6 Å². The Morgan fingerprint density at radius 3 is 2.18 bits per heavy atom. The number of aliphatic hydroxyl groups is 6. The third-order valence-corrected chi connectivity index (χ3v) is 2.61. The molecule has 0 aromatic rings. The van der Waals surface area contributed by atoms with Crippen molar-refractivity contribution in [3.05, 3.63) is 0 Å². The Balaban J connectivity index is 2.72. The average molecular weight is 254 g/mol. The highest BCUT2D eigenvalue weighted by Crippen LogP contribution is 2.25. The molecule has 5 atom stereocenters. The summed E-state index contributed by atoms with van der Waals surface area (Å²) in [6, 6.07) is 0. The summed E-state index contributed by atoms with van der Waals surface area (Å²) in [7, 11) is 0. The van der Waals surface area contributed by atoms with Gasteiger partial charge in [0.05, 0.1) is 6.61 Å². The van der Waals surface area contributed by atoms with Crippen molar-refractivity contribution in [2.45, 2.75) is 50.0 Å². The monoisotopic (exact) mass is 254 g/mol. The number of aliphatic hydroxyl groups excluding tert-OH is 4. The zero-order valence-corrected chi connectivity index (χ0v) is 9.30. The van der Waals surface area contributed by atoms with Gasteiger partial charge in [-0.15, -0.1) is 0 Å². The van der Waals surface area contributed by atoms with Crippen molar-refractivity contribution in [1.82, 2.24) is 0 Å². The molecule has 1 rings (SSSR count). The lowest BCUT2D eigenvalue weighted by Gasteiger charge is -2.41. The van der Waals surface area contributed by atoms with Crippen LogP contribution in [0.3, 0.4) is 0 Å². The Bertz CT molecular complexity index is 243. The highest BCUT2D eigenvalue weighted by Gasteiger charge is 2.46. The van der Waals surface area contributed by atoms with Crippen molar-refractivity contribution in [1.29, 1.82) is 0 Å². The first-order valence-electron chi connectivity index (χ1n) is 5.25. The highest BCUT2D eigenvalue weighted by atomic mass is 16.8. The molecule has 0 saturated carbocycles. The van der Waals surface area contributed by atoms with E-state index in [4.69, 9.17) is 9.84 Å². The molecule has 0 aliphatic carbocycles. The largest absolute Gasteiger partial charge is 0.394 e. The Kier molecular flexibility index (Phi) is 4.81. The molecule has 1 aliphatic heterocycles. The summed E-state index contributed by atoms with van der Waals surface area (Å²) >= 11 is 0. The van der Waals surface area contributed by atoms with Gasteiger partial charge in [-0.1, -0.05) is 6.92 Å². The van der Waals surface area contributed by atoms with E-state index in [1.165, 1.54) is 6.92 Å². The molecule has 17 heavy (non-hydrogen) atoms. The first kappa shape index (κ1) is 14.7. The summed E-state index contributed by atoms with van der Waals surface area (Å²) < 4.78 is 9.56. The Morgan fingerprint density at radius 1 is 1.12 bits per heavy atom. The SMILES string of the molecule is CCC(O)(O)OC1O[C@H](CO)[C@@H](O)[C@H](O)[C@H]1O. The van der Waals surface area contributed by atoms with Crippen LogP contribution in [0.15, 0.2) is 0 Å². The van der Waals surface area contributed by atoms with E-state index in [0.29, 0.717) is 0 Å². The van der Waals surface area contributed by atoms with E-state index in [1.807, 2.05) is 0 Å². The second-order valence-corrected chi connectivity index (χ2v) is 3.91. The van der Waals surface area contributed by atoms with Crippen LogP contribution in [-0.2, 0) is 9.47 Å². The van der Waals surface area contributed by atoms with Crippen molar-refractivity contribution in [3.63, 3.8) is 0 Å². The minimum Gasteiger partial charge on any atom is -0.394 e. The van der Waals surface area contributed by atoms with E-state index < -0.39 is 43.3 Å². The van der Waals surface area contributed by atoms with Crippen LogP contribution < -0.4 is 0 Å². The summed E-state index contributed by atoms with van der Waals surface area (Å²) in [6.07, 6.45) is -7.67. The number of ether oxygens (including phenoxy) is 2. The fourth-order valence-electron chi connectivity index (χ4n) is 1.43. The van der Waals surface area contributed by atoms with E-state index in [2.05, 4.69) is 4.74 Å². The van der Waals surface area contributed by atoms with Gasteiger partial charge in [0, 0.05) is 6.42 Å². The zero-order chi connectivity index (χ0) is 13.2. The molecule has 8 heteroatoms. The number of hydrogen-bond acceptors (Lipinski definition) is 8. The van der Waals surface area contributed by atoms with Crippen LogP contribution in [0.2, 0.25) is 0 Å². The Morgan fingerprint density at radius 2 is 1.71 bits per heavy atom. The molecule has 1 saturated heterocycles. The highest BCUT2D eigenvalue weighted by molar-refractivity contribution is 4.89. The minimum atomic E-state index is -2.52. The van der Waals surface area contributed by atoms with E-state index >= 15 is 0 Å². The molecular formula is C9H18O8. The van der Waals surface area contributed by atoms with Gasteiger partial charge in [0.25, 0.3) is 5.97 Å². The van der Waals surface area contributed by atoms with E-state index in [9.17, 15) is 25.5 Å². The molecule has 1 unspecified atom stereocenters. The maximum atomic E-state index is 9.52. The van der Waals surface area contributed by atoms with Crippen molar-refractivity contribution >= 4 is 0 Å². The maximum Gasteiger partial charge on any atom is 0.279 e. The second-order valence-electron chi connectivity index (χ2n) is 3.91. The van der Waals surface area contributed by atoms with Crippen LogP contribution in [-0.4, -0.2) is 73.9 Å². The first-order chi connectivity index (χ1) is 7.82. The number of hydrogen-bond donors (Lipinski definition) is 6. The molecule has 6 N–H and O–H groups in total. The molecule has 0 amide bonds. The third kappa shape index (κ3) is 3.33. The summed E-state index contributed by atoms with van der Waals surface area (Å²) in [5, 5.41) is 55.7. The van der Waals surface area contributed by atoms with Crippen LogP contribution in [0.5, 0.6) is 0 Å². The molecule has 0 spiro atoms. The van der Waals surface area contributed by atoms with Crippen LogP contribution in [0.4, 0.5) is 0 Å². The topological polar surface area (TPSA) is 140 Å². The molecular weight excluding hydrogens is 236 g/mol. The van der Waals surface area contributed by atoms with Crippen molar-refractivity contribution in [3.8, 4) is 0 Å². The van der Waals surface area contributed by atoms with Gasteiger partial charge < -0.3 is 35.4 Å². The lowest BCUT2D eigenvalue weighted by molar-refractivity contribution is -0.421. The molecule has 1 fully saturated rings. The van der Waals surface area contributed by atoms with E-state index in [0.717, 1.165) is 0 Å². The Hall–Kier alpha value is -0.320. The summed E-state index contributed by atoms with van der Waals surface area (Å²) in [5.74, 6) is -2.52. The smallest absolute Gasteiger partial charge is 0.279 e. The van der Waals surface area contributed by atoms with Gasteiger partial charge in [-0.05, 0) is 0 Å². The van der Waals surface area contributed by atoms with Gasteiger partial charge in [-0.25, -0.2) is 0 Å². The third-order valence-electron chi connectivity index (χ3n) is 2.61. The zero-order valence-electron chi connectivity index (χ0n) is 9.30. The van der Waals surface area contributed by atoms with Gasteiger partial charge in [0.15, 0.2) is 6.29 Å². The fourth-order valence-corrected chi connectivity index (χ4v) is 1.43. The fraction of sp³-hybridized carbons (Fsp3) is 1.00. The van der Waals surface area contributed by atoms with Crippen molar-refractivity contribution < 1.29 is 40.1 Å². The van der Waals surface area contributed by atoms with Crippen molar-refractivity contribution in [2.24, 2.45) is 0 Å². The summed E-state index contributed by atoms with van der Waals surface area (Å²) in [5.41, 5.74) is 0. The van der Waals surface area contributed by atoms with Gasteiger partial charge in [0.1, 0.15) is 24.4 Å². The van der Waals surface area contributed by atoms with E-state index in [1.54, 1.807) is 0 Å². The molecule has 0 bridgehead atoms. The quantitative estimate of drug-likeness (QED) is 0.289. The van der Waals surface area contributed by atoms with Gasteiger partial charge in [0.2, 0.25) is 0 Å². The lowest BCUT2D eigenvalue weighted by atomic mass is 9.99. The van der Waals surface area contributed by atoms with Crippen LogP contribution in [0.1, 0.15) is 13.3 Å². The van der Waals surface area contributed by atoms with Gasteiger partial charge >= 0.3 is 0 Å². The molecule has 0 aromatic carbocycles. The summed E-state index contributed by atoms with van der Waals surface area (Å²) in [4.78, 5) is 0. The normalized spacial score (nSPS) is 39.4. The maximum absolute atomic E-state index is 9.52. The molecule has 1 aliphatic rings. The van der Waals surface area contributed by atoms with Gasteiger partial charge in [-0.2, -0.15) is 0 Å². The average Bonchev–Trinajstić information content (AvgIpc) is 2.30. The molecule has 102 valence electrons. The number of rotatable bonds is 4. The molecule has 1 heterocycles.